The zero-order chi connectivity index (χ0) is 18.8. The molecule has 25 heavy (non-hydrogen) atoms. The van der Waals surface area contributed by atoms with Gasteiger partial charge in [-0.25, -0.2) is 4.99 Å². The quantitative estimate of drug-likeness (QED) is 0.388. The predicted molar refractivity (Wildman–Crippen MR) is 99.6 cm³/mol. The first-order valence-electron chi connectivity index (χ1n) is 8.66. The third-order valence-corrected chi connectivity index (χ3v) is 3.59. The van der Waals surface area contributed by atoms with Crippen molar-refractivity contribution in [3.05, 3.63) is 17.5 Å². The third kappa shape index (κ3) is 7.13. The number of hydrogen-bond acceptors (Lipinski definition) is 4. The van der Waals surface area contributed by atoms with E-state index in [9.17, 15) is 4.79 Å². The Balaban J connectivity index is 2.74. The standard InChI is InChI=1S/C17H32N6O2/c1-7-18-17(20-10-15(24)19-8-9-25-6)22(4)11-14-12-23(5)21-16(14)13(2)3/h12-13H,7-11H2,1-6H3,(H,18,20)(H,19,24). The largest absolute Gasteiger partial charge is 0.383 e. The molecule has 0 radical (unpaired) electrons. The molecule has 1 aromatic heterocycles. The molecule has 142 valence electrons. The Bertz CT molecular complexity index is 567. The van der Waals surface area contributed by atoms with E-state index < -0.39 is 0 Å². The van der Waals surface area contributed by atoms with Gasteiger partial charge >= 0.3 is 0 Å². The minimum atomic E-state index is -0.120. The highest BCUT2D eigenvalue weighted by Crippen LogP contribution is 2.18. The van der Waals surface area contributed by atoms with Gasteiger partial charge in [-0.2, -0.15) is 5.10 Å². The van der Waals surface area contributed by atoms with Crippen LogP contribution in [0.2, 0.25) is 0 Å². The van der Waals surface area contributed by atoms with E-state index in [4.69, 9.17) is 4.74 Å². The number of carbonyl (C=O) groups is 1. The van der Waals surface area contributed by atoms with Gasteiger partial charge in [-0.1, -0.05) is 13.8 Å². The average molecular weight is 352 g/mol. The fourth-order valence-electron chi connectivity index (χ4n) is 2.46. The second-order valence-corrected chi connectivity index (χ2v) is 6.24. The molecule has 0 saturated heterocycles. The first-order valence-corrected chi connectivity index (χ1v) is 8.66. The topological polar surface area (TPSA) is 83.8 Å². The van der Waals surface area contributed by atoms with Crippen molar-refractivity contribution in [3.8, 4) is 0 Å². The summed E-state index contributed by atoms with van der Waals surface area (Å²) in [6.07, 6.45) is 2.03. The molecule has 0 bridgehead atoms. The van der Waals surface area contributed by atoms with Gasteiger partial charge in [-0.15, -0.1) is 0 Å². The van der Waals surface area contributed by atoms with Crippen LogP contribution in [0.25, 0.3) is 0 Å². The maximum absolute atomic E-state index is 11.8. The van der Waals surface area contributed by atoms with Gasteiger partial charge in [0.05, 0.1) is 12.3 Å². The number of aliphatic imine (C=N–C) groups is 1. The molecular weight excluding hydrogens is 320 g/mol. The summed E-state index contributed by atoms with van der Waals surface area (Å²) in [5.41, 5.74) is 2.25. The molecule has 0 aromatic carbocycles. The van der Waals surface area contributed by atoms with E-state index in [1.807, 2.05) is 36.8 Å². The van der Waals surface area contributed by atoms with Crippen molar-refractivity contribution in [1.82, 2.24) is 25.3 Å². The van der Waals surface area contributed by atoms with Crippen molar-refractivity contribution in [1.29, 1.82) is 0 Å². The van der Waals surface area contributed by atoms with E-state index in [2.05, 4.69) is 34.6 Å². The predicted octanol–water partition coefficient (Wildman–Crippen LogP) is 0.703. The van der Waals surface area contributed by atoms with Crippen molar-refractivity contribution >= 4 is 11.9 Å². The molecule has 2 N–H and O–H groups in total. The van der Waals surface area contributed by atoms with Gasteiger partial charge in [0.15, 0.2) is 5.96 Å². The zero-order valence-electron chi connectivity index (χ0n) is 16.3. The van der Waals surface area contributed by atoms with Crippen LogP contribution in [0.1, 0.15) is 37.9 Å². The molecule has 0 unspecified atom stereocenters. The van der Waals surface area contributed by atoms with Gasteiger partial charge in [0.25, 0.3) is 0 Å². The molecule has 0 spiro atoms. The fraction of sp³-hybridized carbons (Fsp3) is 0.706. The number of methoxy groups -OCH3 is 1. The summed E-state index contributed by atoms with van der Waals surface area (Å²) in [6, 6.07) is 0. The summed E-state index contributed by atoms with van der Waals surface area (Å²) < 4.78 is 6.75. The van der Waals surface area contributed by atoms with E-state index in [1.165, 1.54) is 0 Å². The Morgan fingerprint density at radius 2 is 2.16 bits per heavy atom. The fourth-order valence-corrected chi connectivity index (χ4v) is 2.46. The van der Waals surface area contributed by atoms with Crippen molar-refractivity contribution in [3.63, 3.8) is 0 Å². The van der Waals surface area contributed by atoms with E-state index >= 15 is 0 Å². The van der Waals surface area contributed by atoms with Crippen LogP contribution in [0.15, 0.2) is 11.2 Å². The second kappa shape index (κ2) is 10.7. The number of nitrogens with one attached hydrogen (secondary N) is 2. The van der Waals surface area contributed by atoms with Crippen LogP contribution in [0.4, 0.5) is 0 Å². The molecule has 1 amide bonds. The molecule has 0 fully saturated rings. The maximum Gasteiger partial charge on any atom is 0.241 e. The molecule has 0 aliphatic rings. The Kier molecular flexibility index (Phi) is 8.98. The first-order chi connectivity index (χ1) is 11.9. The molecule has 8 heteroatoms. The van der Waals surface area contributed by atoms with Crippen molar-refractivity contribution in [2.24, 2.45) is 12.0 Å². The highest BCUT2D eigenvalue weighted by molar-refractivity contribution is 5.84. The number of aromatic nitrogens is 2. The van der Waals surface area contributed by atoms with Crippen LogP contribution in [-0.2, 0) is 23.1 Å². The van der Waals surface area contributed by atoms with Crippen LogP contribution >= 0.6 is 0 Å². The third-order valence-electron chi connectivity index (χ3n) is 3.59. The molecular formula is C17H32N6O2. The van der Waals surface area contributed by atoms with Crippen LogP contribution in [0, 0.1) is 0 Å². The number of amides is 1. The molecule has 0 aliphatic carbocycles. The summed E-state index contributed by atoms with van der Waals surface area (Å²) in [4.78, 5) is 18.3. The lowest BCUT2D eigenvalue weighted by Gasteiger charge is -2.22. The smallest absolute Gasteiger partial charge is 0.241 e. The van der Waals surface area contributed by atoms with E-state index in [0.29, 0.717) is 31.6 Å². The number of ether oxygens (including phenoxy) is 1. The van der Waals surface area contributed by atoms with Crippen LogP contribution in [0.3, 0.4) is 0 Å². The van der Waals surface area contributed by atoms with Crippen LogP contribution < -0.4 is 10.6 Å². The molecule has 0 aliphatic heterocycles. The molecule has 1 heterocycles. The summed E-state index contributed by atoms with van der Waals surface area (Å²) in [5.74, 6) is 0.934. The Labute approximate surface area is 150 Å². The van der Waals surface area contributed by atoms with Crippen molar-refractivity contribution in [2.75, 3.05) is 40.4 Å². The number of aryl methyl sites for hydroxylation is 1. The number of rotatable bonds is 9. The van der Waals surface area contributed by atoms with E-state index in [1.54, 1.807) is 7.11 Å². The van der Waals surface area contributed by atoms with Crippen molar-refractivity contribution in [2.45, 2.75) is 33.2 Å². The van der Waals surface area contributed by atoms with Gasteiger partial charge in [-0.05, 0) is 12.8 Å². The Morgan fingerprint density at radius 1 is 1.44 bits per heavy atom. The van der Waals surface area contributed by atoms with Gasteiger partial charge in [0.2, 0.25) is 5.91 Å². The lowest BCUT2D eigenvalue weighted by atomic mass is 10.1. The molecule has 1 rings (SSSR count). The first kappa shape index (κ1) is 21.0. The van der Waals surface area contributed by atoms with Crippen LogP contribution in [0.5, 0.6) is 0 Å². The number of guanidine groups is 1. The highest BCUT2D eigenvalue weighted by Gasteiger charge is 2.15. The van der Waals surface area contributed by atoms with E-state index in [-0.39, 0.29) is 12.5 Å². The van der Waals surface area contributed by atoms with E-state index in [0.717, 1.165) is 17.8 Å². The van der Waals surface area contributed by atoms with Gasteiger partial charge < -0.3 is 20.3 Å². The molecule has 0 atom stereocenters. The van der Waals surface area contributed by atoms with Crippen molar-refractivity contribution < 1.29 is 9.53 Å². The SMILES string of the molecule is CCNC(=NCC(=O)NCCOC)N(C)Cc1cn(C)nc1C(C)C. The lowest BCUT2D eigenvalue weighted by Crippen LogP contribution is -2.39. The number of carbonyl (C=O) groups excluding carboxylic acids is 1. The minimum absolute atomic E-state index is 0.0838. The monoisotopic (exact) mass is 352 g/mol. The summed E-state index contributed by atoms with van der Waals surface area (Å²) >= 11 is 0. The number of hydrogen-bond donors (Lipinski definition) is 2. The normalized spacial score (nSPS) is 11.7. The van der Waals surface area contributed by atoms with Gasteiger partial charge in [0.1, 0.15) is 6.54 Å². The summed E-state index contributed by atoms with van der Waals surface area (Å²) in [6.45, 7) is 8.76. The zero-order valence-corrected chi connectivity index (χ0v) is 16.3. The molecule has 0 saturated carbocycles. The average Bonchev–Trinajstić information content (AvgIpc) is 2.92. The second-order valence-electron chi connectivity index (χ2n) is 6.24. The highest BCUT2D eigenvalue weighted by atomic mass is 16.5. The lowest BCUT2D eigenvalue weighted by molar-refractivity contribution is -0.119. The summed E-state index contributed by atoms with van der Waals surface area (Å²) in [7, 11) is 5.49. The van der Waals surface area contributed by atoms with Crippen LogP contribution in [-0.4, -0.2) is 66.9 Å². The number of nitrogens with zero attached hydrogens (tertiary/aromatic N) is 4. The Hall–Kier alpha value is -2.09. The Morgan fingerprint density at radius 3 is 2.76 bits per heavy atom. The summed E-state index contributed by atoms with van der Waals surface area (Å²) in [5, 5.41) is 10.5. The molecule has 8 nitrogen and oxygen atoms in total. The maximum atomic E-state index is 11.8. The van der Waals surface area contributed by atoms with Gasteiger partial charge in [-0.3, -0.25) is 9.48 Å². The molecule has 1 aromatic rings. The minimum Gasteiger partial charge on any atom is -0.383 e. The van der Waals surface area contributed by atoms with Gasteiger partial charge in [0, 0.05) is 52.6 Å².